The summed E-state index contributed by atoms with van der Waals surface area (Å²) in [7, 11) is 0. The van der Waals surface area contributed by atoms with Crippen molar-refractivity contribution in [1.82, 2.24) is 4.90 Å². The molecule has 0 saturated carbocycles. The Kier molecular flexibility index (Phi) is 5.06. The first kappa shape index (κ1) is 15.7. The van der Waals surface area contributed by atoms with Crippen LogP contribution in [-0.4, -0.2) is 23.9 Å². The largest absolute Gasteiger partial charge is 0.342 e. The zero-order valence-corrected chi connectivity index (χ0v) is 13.2. The van der Waals surface area contributed by atoms with Gasteiger partial charge in [-0.25, -0.2) is 4.39 Å². The molecule has 2 aromatic carbocycles. The molecule has 3 heteroatoms. The summed E-state index contributed by atoms with van der Waals surface area (Å²) < 4.78 is 13.0. The summed E-state index contributed by atoms with van der Waals surface area (Å²) in [5, 5.41) is 0. The maximum Gasteiger partial charge on any atom is 0.227 e. The lowest BCUT2D eigenvalue weighted by Crippen LogP contribution is -2.35. The molecule has 0 radical (unpaired) electrons. The molecule has 0 bridgehead atoms. The van der Waals surface area contributed by atoms with Crippen molar-refractivity contribution in [2.75, 3.05) is 13.1 Å². The van der Waals surface area contributed by atoms with Gasteiger partial charge in [-0.2, -0.15) is 0 Å². The van der Waals surface area contributed by atoms with Crippen LogP contribution in [0.4, 0.5) is 4.39 Å². The van der Waals surface area contributed by atoms with Crippen LogP contribution in [0.25, 0.3) is 0 Å². The van der Waals surface area contributed by atoms with Crippen molar-refractivity contribution in [2.45, 2.75) is 31.6 Å². The van der Waals surface area contributed by atoms with Crippen LogP contribution in [0.5, 0.6) is 0 Å². The highest BCUT2D eigenvalue weighted by Crippen LogP contribution is 2.26. The molecule has 3 rings (SSSR count). The molecule has 1 amide bonds. The predicted octanol–water partition coefficient (Wildman–Crippen LogP) is 4.16. The average Bonchev–Trinajstić information content (AvgIpc) is 2.84. The maximum absolute atomic E-state index is 13.0. The smallest absolute Gasteiger partial charge is 0.227 e. The Bertz CT molecular complexity index is 638. The summed E-state index contributed by atoms with van der Waals surface area (Å²) in [5.74, 6) is 0.287. The van der Waals surface area contributed by atoms with Gasteiger partial charge in [0.2, 0.25) is 5.91 Å². The van der Waals surface area contributed by atoms with E-state index < -0.39 is 0 Å². The molecule has 1 fully saturated rings. The molecule has 1 saturated heterocycles. The zero-order chi connectivity index (χ0) is 16.1. The van der Waals surface area contributed by atoms with Crippen LogP contribution in [0.3, 0.4) is 0 Å². The summed E-state index contributed by atoms with van der Waals surface area (Å²) in [6.07, 6.45) is 3.69. The van der Waals surface area contributed by atoms with E-state index in [1.807, 2.05) is 11.0 Å². The molecule has 120 valence electrons. The summed E-state index contributed by atoms with van der Waals surface area (Å²) in [6.45, 7) is 1.60. The van der Waals surface area contributed by atoms with Crippen LogP contribution in [-0.2, 0) is 11.2 Å². The Labute approximate surface area is 136 Å². The lowest BCUT2D eigenvalue weighted by Gasteiger charge is -2.25. The SMILES string of the molecule is O=C(Cc1ccc(F)cc1)N1CCCCC(c2ccccc2)C1. The van der Waals surface area contributed by atoms with Crippen LogP contribution in [0.1, 0.15) is 36.3 Å². The Hall–Kier alpha value is -2.16. The molecule has 1 heterocycles. The first-order valence-electron chi connectivity index (χ1n) is 8.29. The van der Waals surface area contributed by atoms with E-state index in [0.717, 1.165) is 37.9 Å². The molecule has 0 spiro atoms. The molecule has 0 aliphatic carbocycles. The number of carbonyl (C=O) groups excluding carboxylic acids is 1. The highest BCUT2D eigenvalue weighted by molar-refractivity contribution is 5.78. The molecular formula is C20H22FNO. The predicted molar refractivity (Wildman–Crippen MR) is 89.7 cm³/mol. The van der Waals surface area contributed by atoms with Crippen LogP contribution in [0, 0.1) is 5.82 Å². The van der Waals surface area contributed by atoms with Gasteiger partial charge in [-0.1, -0.05) is 48.9 Å². The molecule has 2 nitrogen and oxygen atoms in total. The van der Waals surface area contributed by atoms with Crippen LogP contribution in [0.2, 0.25) is 0 Å². The van der Waals surface area contributed by atoms with Crippen molar-refractivity contribution in [1.29, 1.82) is 0 Å². The lowest BCUT2D eigenvalue weighted by molar-refractivity contribution is -0.130. The molecule has 0 N–H and O–H groups in total. The van der Waals surface area contributed by atoms with E-state index in [4.69, 9.17) is 0 Å². The fraction of sp³-hybridized carbons (Fsp3) is 0.350. The number of hydrogen-bond acceptors (Lipinski definition) is 1. The first-order valence-corrected chi connectivity index (χ1v) is 8.29. The number of carbonyl (C=O) groups is 1. The van der Waals surface area contributed by atoms with Crippen LogP contribution >= 0.6 is 0 Å². The minimum atomic E-state index is -0.264. The molecule has 1 unspecified atom stereocenters. The van der Waals surface area contributed by atoms with Gasteiger partial charge in [0.15, 0.2) is 0 Å². The molecular weight excluding hydrogens is 289 g/mol. The third-order valence-corrected chi connectivity index (χ3v) is 4.56. The van der Waals surface area contributed by atoms with Crippen LogP contribution in [0.15, 0.2) is 54.6 Å². The maximum atomic E-state index is 13.0. The standard InChI is InChI=1S/C20H22FNO/c21-19-11-9-16(10-12-19)14-20(23)22-13-5-4-8-18(15-22)17-6-2-1-3-7-17/h1-3,6-7,9-12,18H,4-5,8,13-15H2. The second-order valence-electron chi connectivity index (χ2n) is 6.25. The third kappa shape index (κ3) is 4.19. The van der Waals surface area contributed by atoms with Crippen molar-refractivity contribution >= 4 is 5.91 Å². The topological polar surface area (TPSA) is 20.3 Å². The van der Waals surface area contributed by atoms with Gasteiger partial charge in [0, 0.05) is 19.0 Å². The molecule has 2 aromatic rings. The Morgan fingerprint density at radius 2 is 1.78 bits per heavy atom. The Balaban J connectivity index is 1.68. The van der Waals surface area contributed by atoms with E-state index in [0.29, 0.717) is 12.3 Å². The number of benzene rings is 2. The van der Waals surface area contributed by atoms with E-state index in [9.17, 15) is 9.18 Å². The van der Waals surface area contributed by atoms with E-state index >= 15 is 0 Å². The number of rotatable bonds is 3. The number of amides is 1. The minimum Gasteiger partial charge on any atom is -0.342 e. The molecule has 1 aliphatic rings. The molecule has 23 heavy (non-hydrogen) atoms. The lowest BCUT2D eigenvalue weighted by atomic mass is 9.94. The van der Waals surface area contributed by atoms with Gasteiger partial charge in [-0.3, -0.25) is 4.79 Å². The van der Waals surface area contributed by atoms with Crippen molar-refractivity contribution in [2.24, 2.45) is 0 Å². The Morgan fingerprint density at radius 1 is 1.04 bits per heavy atom. The van der Waals surface area contributed by atoms with Gasteiger partial charge in [-0.15, -0.1) is 0 Å². The van der Waals surface area contributed by atoms with E-state index in [1.54, 1.807) is 12.1 Å². The van der Waals surface area contributed by atoms with Gasteiger partial charge in [0.05, 0.1) is 6.42 Å². The summed E-state index contributed by atoms with van der Waals surface area (Å²) >= 11 is 0. The highest BCUT2D eigenvalue weighted by atomic mass is 19.1. The van der Waals surface area contributed by atoms with Gasteiger partial charge in [0.25, 0.3) is 0 Å². The van der Waals surface area contributed by atoms with Gasteiger partial charge in [0.1, 0.15) is 5.82 Å². The number of halogens is 1. The molecule has 0 aromatic heterocycles. The van der Waals surface area contributed by atoms with Gasteiger partial charge < -0.3 is 4.90 Å². The fourth-order valence-corrected chi connectivity index (χ4v) is 3.25. The monoisotopic (exact) mass is 311 g/mol. The van der Waals surface area contributed by atoms with Gasteiger partial charge in [-0.05, 0) is 36.1 Å². The van der Waals surface area contributed by atoms with E-state index in [1.165, 1.54) is 17.7 Å². The Morgan fingerprint density at radius 3 is 2.52 bits per heavy atom. The molecule has 1 atom stereocenters. The normalized spacial score (nSPS) is 18.5. The summed E-state index contributed by atoms with van der Waals surface area (Å²) in [6, 6.07) is 16.7. The number of likely N-dealkylation sites (tertiary alicyclic amines) is 1. The quantitative estimate of drug-likeness (QED) is 0.833. The zero-order valence-electron chi connectivity index (χ0n) is 13.2. The van der Waals surface area contributed by atoms with Crippen molar-refractivity contribution in [3.63, 3.8) is 0 Å². The first-order chi connectivity index (χ1) is 11.2. The minimum absolute atomic E-state index is 0.138. The van der Waals surface area contributed by atoms with E-state index in [-0.39, 0.29) is 11.7 Å². The number of hydrogen-bond donors (Lipinski definition) is 0. The summed E-state index contributed by atoms with van der Waals surface area (Å²) in [5.41, 5.74) is 2.19. The second kappa shape index (κ2) is 7.40. The van der Waals surface area contributed by atoms with Crippen molar-refractivity contribution < 1.29 is 9.18 Å². The fourth-order valence-electron chi connectivity index (χ4n) is 3.25. The second-order valence-corrected chi connectivity index (χ2v) is 6.25. The van der Waals surface area contributed by atoms with Crippen molar-refractivity contribution in [3.8, 4) is 0 Å². The van der Waals surface area contributed by atoms with Gasteiger partial charge >= 0.3 is 0 Å². The highest BCUT2D eigenvalue weighted by Gasteiger charge is 2.23. The molecule has 1 aliphatic heterocycles. The average molecular weight is 311 g/mol. The third-order valence-electron chi connectivity index (χ3n) is 4.56. The summed E-state index contributed by atoms with van der Waals surface area (Å²) in [4.78, 5) is 14.6. The van der Waals surface area contributed by atoms with E-state index in [2.05, 4.69) is 24.3 Å². The van der Waals surface area contributed by atoms with Crippen LogP contribution < -0.4 is 0 Å². The number of nitrogens with zero attached hydrogens (tertiary/aromatic N) is 1. The van der Waals surface area contributed by atoms with Crippen molar-refractivity contribution in [3.05, 3.63) is 71.5 Å².